The Hall–Kier alpha value is -2.45. The van der Waals surface area contributed by atoms with E-state index in [0.717, 1.165) is 11.8 Å². The quantitative estimate of drug-likeness (QED) is 0.657. The van der Waals surface area contributed by atoms with Crippen LogP contribution in [-0.4, -0.2) is 44.6 Å². The molecule has 0 spiro atoms. The highest BCUT2D eigenvalue weighted by atomic mass is 35.5. The number of nitro groups is 1. The lowest BCUT2D eigenvalue weighted by atomic mass is 9.95. The largest absolute Gasteiger partial charge is 0.339 e. The summed E-state index contributed by atoms with van der Waals surface area (Å²) in [5.74, 6) is -0.0380. The lowest BCUT2D eigenvalue weighted by Crippen LogP contribution is -2.34. The van der Waals surface area contributed by atoms with Gasteiger partial charge in [0.05, 0.1) is 4.92 Å². The zero-order valence-corrected chi connectivity index (χ0v) is 13.6. The molecule has 1 amide bonds. The van der Waals surface area contributed by atoms with Gasteiger partial charge in [0.15, 0.2) is 0 Å². The summed E-state index contributed by atoms with van der Waals surface area (Å²) in [5, 5.41) is 14.5. The summed E-state index contributed by atoms with van der Waals surface area (Å²) in [5.41, 5.74) is 7.16. The van der Waals surface area contributed by atoms with Gasteiger partial charge >= 0.3 is 5.69 Å². The van der Waals surface area contributed by atoms with E-state index >= 15 is 0 Å². The van der Waals surface area contributed by atoms with Crippen molar-refractivity contribution in [2.24, 2.45) is 5.73 Å². The number of amides is 1. The molecule has 24 heavy (non-hydrogen) atoms. The molecule has 9 heteroatoms. The first-order valence-corrected chi connectivity index (χ1v) is 7.29. The number of nitrogens with two attached hydrogens (primary N) is 1. The molecule has 2 heterocycles. The molecule has 2 N–H and O–H groups in total. The third-order valence-electron chi connectivity index (χ3n) is 4.07. The number of likely N-dealkylation sites (tertiary alicyclic amines) is 1. The lowest BCUT2D eigenvalue weighted by molar-refractivity contribution is -0.385. The molecule has 1 aromatic carbocycles. The zero-order valence-electron chi connectivity index (χ0n) is 12.8. The Morgan fingerprint density at radius 3 is 2.67 bits per heavy atom. The number of carbonyl (C=O) groups excluding carboxylic acids is 1. The molecule has 128 valence electrons. The van der Waals surface area contributed by atoms with E-state index in [1.165, 1.54) is 10.9 Å². The molecular formula is C15H18ClN5O3. The van der Waals surface area contributed by atoms with Crippen LogP contribution in [-0.2, 0) is 11.3 Å². The minimum Gasteiger partial charge on any atom is -0.339 e. The number of halogens is 1. The van der Waals surface area contributed by atoms with Crippen molar-refractivity contribution in [1.29, 1.82) is 0 Å². The molecule has 1 aliphatic heterocycles. The van der Waals surface area contributed by atoms with E-state index in [1.807, 2.05) is 30.3 Å². The first kappa shape index (κ1) is 17.9. The van der Waals surface area contributed by atoms with Crippen LogP contribution < -0.4 is 5.73 Å². The summed E-state index contributed by atoms with van der Waals surface area (Å²) in [4.78, 5) is 24.1. The van der Waals surface area contributed by atoms with Gasteiger partial charge < -0.3 is 10.6 Å². The molecule has 1 aliphatic rings. The van der Waals surface area contributed by atoms with Gasteiger partial charge in [-0.25, -0.2) is 0 Å². The number of nitrogens with zero attached hydrogens (tertiary/aromatic N) is 4. The summed E-state index contributed by atoms with van der Waals surface area (Å²) >= 11 is 0. The van der Waals surface area contributed by atoms with Crippen LogP contribution in [0.25, 0.3) is 0 Å². The van der Waals surface area contributed by atoms with Crippen LogP contribution >= 0.6 is 12.4 Å². The molecular weight excluding hydrogens is 334 g/mol. The van der Waals surface area contributed by atoms with Crippen LogP contribution in [0.5, 0.6) is 0 Å². The third-order valence-corrected chi connectivity index (χ3v) is 4.07. The highest BCUT2D eigenvalue weighted by Crippen LogP contribution is 2.26. The standard InChI is InChI=1S/C15H17N5O3.ClH/c16-14-9-18(8-13(14)11-4-2-1-3-5-11)15(21)10-19-7-12(6-17-19)20(22)23;/h1-7,13-14H,8-10,16H2;1H/t13-,14+;/m0./s1. The van der Waals surface area contributed by atoms with Crippen LogP contribution in [0.2, 0.25) is 0 Å². The molecule has 0 bridgehead atoms. The Bertz CT molecular complexity index is 721. The highest BCUT2D eigenvalue weighted by molar-refractivity contribution is 5.85. The smallest absolute Gasteiger partial charge is 0.307 e. The summed E-state index contributed by atoms with van der Waals surface area (Å²) in [7, 11) is 0. The fourth-order valence-corrected chi connectivity index (χ4v) is 2.86. The van der Waals surface area contributed by atoms with E-state index in [9.17, 15) is 14.9 Å². The summed E-state index contributed by atoms with van der Waals surface area (Å²) in [6.45, 7) is 0.997. The van der Waals surface area contributed by atoms with E-state index in [2.05, 4.69) is 5.10 Å². The Labute approximate surface area is 144 Å². The van der Waals surface area contributed by atoms with Crippen molar-refractivity contribution in [3.63, 3.8) is 0 Å². The van der Waals surface area contributed by atoms with Gasteiger partial charge in [-0.2, -0.15) is 5.10 Å². The average molecular weight is 352 g/mol. The van der Waals surface area contributed by atoms with E-state index < -0.39 is 4.92 Å². The van der Waals surface area contributed by atoms with Crippen molar-refractivity contribution in [3.8, 4) is 0 Å². The predicted molar refractivity (Wildman–Crippen MR) is 89.9 cm³/mol. The van der Waals surface area contributed by atoms with Gasteiger partial charge in [-0.1, -0.05) is 30.3 Å². The molecule has 2 atom stereocenters. The van der Waals surface area contributed by atoms with Gasteiger partial charge in [-0.05, 0) is 5.56 Å². The first-order valence-electron chi connectivity index (χ1n) is 7.29. The van der Waals surface area contributed by atoms with Crippen molar-refractivity contribution in [2.45, 2.75) is 18.5 Å². The molecule has 0 unspecified atom stereocenters. The summed E-state index contributed by atoms with van der Waals surface area (Å²) in [6.07, 6.45) is 2.39. The molecule has 8 nitrogen and oxygen atoms in total. The number of rotatable bonds is 4. The number of carbonyl (C=O) groups is 1. The van der Waals surface area contributed by atoms with Crippen LogP contribution in [0.1, 0.15) is 11.5 Å². The van der Waals surface area contributed by atoms with Crippen LogP contribution in [0.15, 0.2) is 42.7 Å². The second-order valence-corrected chi connectivity index (χ2v) is 5.63. The fourth-order valence-electron chi connectivity index (χ4n) is 2.86. The number of aromatic nitrogens is 2. The van der Waals surface area contributed by atoms with Gasteiger partial charge in [0.25, 0.3) is 0 Å². The summed E-state index contributed by atoms with van der Waals surface area (Å²) < 4.78 is 1.28. The normalized spacial score (nSPS) is 19.8. The SMILES string of the molecule is Cl.N[C@@H]1CN(C(=O)Cn2cc([N+](=O)[O-])cn2)C[C@H]1c1ccccc1. The van der Waals surface area contributed by atoms with Gasteiger partial charge in [0, 0.05) is 25.0 Å². The monoisotopic (exact) mass is 351 g/mol. The average Bonchev–Trinajstić information content (AvgIpc) is 3.15. The molecule has 1 fully saturated rings. The van der Waals surface area contributed by atoms with Crippen molar-refractivity contribution >= 4 is 24.0 Å². The second kappa shape index (κ2) is 7.41. The maximum absolute atomic E-state index is 12.4. The molecule has 1 saturated heterocycles. The van der Waals surface area contributed by atoms with E-state index in [-0.39, 0.29) is 42.5 Å². The topological polar surface area (TPSA) is 107 Å². The second-order valence-electron chi connectivity index (χ2n) is 5.63. The highest BCUT2D eigenvalue weighted by Gasteiger charge is 2.33. The maximum atomic E-state index is 12.4. The minimum atomic E-state index is -0.537. The lowest BCUT2D eigenvalue weighted by Gasteiger charge is -2.16. The zero-order chi connectivity index (χ0) is 16.4. The van der Waals surface area contributed by atoms with Crippen LogP contribution in [0.4, 0.5) is 5.69 Å². The van der Waals surface area contributed by atoms with Gasteiger partial charge in [-0.3, -0.25) is 19.6 Å². The first-order chi connectivity index (χ1) is 11.0. The Morgan fingerprint density at radius 1 is 1.33 bits per heavy atom. The molecule has 0 radical (unpaired) electrons. The Morgan fingerprint density at radius 2 is 2.04 bits per heavy atom. The van der Waals surface area contributed by atoms with Crippen LogP contribution in [0, 0.1) is 10.1 Å². The predicted octanol–water partition coefficient (Wildman–Crippen LogP) is 1.17. The van der Waals surface area contributed by atoms with Crippen molar-refractivity contribution in [2.75, 3.05) is 13.1 Å². The maximum Gasteiger partial charge on any atom is 0.307 e. The number of hydrogen-bond donors (Lipinski definition) is 1. The van der Waals surface area contributed by atoms with E-state index in [4.69, 9.17) is 5.73 Å². The minimum absolute atomic E-state index is 0. The molecule has 0 aliphatic carbocycles. The number of hydrogen-bond acceptors (Lipinski definition) is 5. The van der Waals surface area contributed by atoms with Crippen LogP contribution in [0.3, 0.4) is 0 Å². The summed E-state index contributed by atoms with van der Waals surface area (Å²) in [6, 6.07) is 9.75. The Balaban J connectivity index is 0.00000208. The molecule has 1 aromatic heterocycles. The Kier molecular flexibility index (Phi) is 5.53. The van der Waals surface area contributed by atoms with Gasteiger partial charge in [0.1, 0.15) is 18.9 Å². The van der Waals surface area contributed by atoms with Crippen molar-refractivity contribution in [3.05, 3.63) is 58.4 Å². The van der Waals surface area contributed by atoms with Gasteiger partial charge in [-0.15, -0.1) is 12.4 Å². The van der Waals surface area contributed by atoms with Crippen molar-refractivity contribution in [1.82, 2.24) is 14.7 Å². The molecule has 3 rings (SSSR count). The number of benzene rings is 1. The molecule has 0 saturated carbocycles. The van der Waals surface area contributed by atoms with Crippen molar-refractivity contribution < 1.29 is 9.72 Å². The van der Waals surface area contributed by atoms with E-state index in [0.29, 0.717) is 13.1 Å². The van der Waals surface area contributed by atoms with E-state index in [1.54, 1.807) is 4.90 Å². The van der Waals surface area contributed by atoms with Gasteiger partial charge in [0.2, 0.25) is 5.91 Å². The molecule has 2 aromatic rings. The third kappa shape index (κ3) is 3.72. The fraction of sp³-hybridized carbons (Fsp3) is 0.333.